The lowest BCUT2D eigenvalue weighted by molar-refractivity contribution is -0.140. The van der Waals surface area contributed by atoms with Crippen LogP contribution in [0, 0.1) is 0 Å². The van der Waals surface area contributed by atoms with E-state index >= 15 is 0 Å². The van der Waals surface area contributed by atoms with Crippen molar-refractivity contribution in [3.05, 3.63) is 0 Å². The second-order valence-corrected chi connectivity index (χ2v) is 4.67. The molecule has 6 heteroatoms. The number of halogens is 2. The lowest BCUT2D eigenvalue weighted by atomic mass is 10.1. The predicted octanol–water partition coefficient (Wildman–Crippen LogP) is 2.27. The van der Waals surface area contributed by atoms with Gasteiger partial charge < -0.3 is 9.64 Å². The maximum absolute atomic E-state index is 12.7. The summed E-state index contributed by atoms with van der Waals surface area (Å²) in [6, 6.07) is 0. The van der Waals surface area contributed by atoms with Gasteiger partial charge in [-0.2, -0.15) is 8.78 Å². The number of unbranched alkanes of at least 4 members (excludes halogenated alkanes) is 3. The zero-order valence-electron chi connectivity index (χ0n) is 11.7. The van der Waals surface area contributed by atoms with Gasteiger partial charge in [0.2, 0.25) is 0 Å². The zero-order chi connectivity index (χ0) is 14.7. The van der Waals surface area contributed by atoms with E-state index in [-0.39, 0.29) is 18.8 Å². The van der Waals surface area contributed by atoms with Gasteiger partial charge in [-0.25, -0.2) is 0 Å². The average Bonchev–Trinajstić information content (AvgIpc) is 2.40. The van der Waals surface area contributed by atoms with Gasteiger partial charge in [-0.3, -0.25) is 9.59 Å². The molecule has 112 valence electrons. The number of nitrogens with zero attached hydrogens (tertiary/aromatic N) is 1. The maximum Gasteiger partial charge on any atom is 0.305 e. The number of ether oxygens (including phenoxy) is 1. The largest absolute Gasteiger partial charge is 0.469 e. The van der Waals surface area contributed by atoms with E-state index in [4.69, 9.17) is 0 Å². The molecule has 0 aliphatic heterocycles. The summed E-state index contributed by atoms with van der Waals surface area (Å²) in [5.41, 5.74) is 0. The number of esters is 1. The molecule has 0 atom stereocenters. The highest BCUT2D eigenvalue weighted by Gasteiger charge is 2.27. The minimum atomic E-state index is -3.21. The SMILES string of the molecule is COC(=O)CCCCCCN(C)CCC(F)(F)C=O. The van der Waals surface area contributed by atoms with E-state index in [1.807, 2.05) is 0 Å². The van der Waals surface area contributed by atoms with Gasteiger partial charge in [0.15, 0.2) is 6.29 Å². The lowest BCUT2D eigenvalue weighted by Gasteiger charge is -2.18. The monoisotopic (exact) mass is 279 g/mol. The number of methoxy groups -OCH3 is 1. The fourth-order valence-electron chi connectivity index (χ4n) is 1.62. The first-order valence-corrected chi connectivity index (χ1v) is 6.51. The van der Waals surface area contributed by atoms with Gasteiger partial charge in [0.25, 0.3) is 0 Å². The van der Waals surface area contributed by atoms with Gasteiger partial charge in [-0.05, 0) is 26.4 Å². The number of carbonyl (C=O) groups is 2. The third-order valence-electron chi connectivity index (χ3n) is 2.90. The van der Waals surface area contributed by atoms with Crippen LogP contribution in [-0.2, 0) is 14.3 Å². The molecule has 0 bridgehead atoms. The third-order valence-corrected chi connectivity index (χ3v) is 2.90. The summed E-state index contributed by atoms with van der Waals surface area (Å²) in [7, 11) is 3.13. The molecule has 19 heavy (non-hydrogen) atoms. The minimum absolute atomic E-state index is 0.201. The number of alkyl halides is 2. The van der Waals surface area contributed by atoms with Crippen molar-refractivity contribution in [2.75, 3.05) is 27.2 Å². The quantitative estimate of drug-likeness (QED) is 0.331. The average molecular weight is 279 g/mol. The predicted molar refractivity (Wildman–Crippen MR) is 68.2 cm³/mol. The first-order valence-electron chi connectivity index (χ1n) is 6.51. The molecule has 0 radical (unpaired) electrons. The van der Waals surface area contributed by atoms with E-state index < -0.39 is 12.3 Å². The molecule has 0 rings (SSSR count). The number of hydrogen-bond donors (Lipinski definition) is 0. The summed E-state index contributed by atoms with van der Waals surface area (Å²) in [5.74, 6) is -3.41. The van der Waals surface area contributed by atoms with E-state index in [0.717, 1.165) is 25.7 Å². The molecule has 0 aliphatic carbocycles. The Morgan fingerprint density at radius 2 is 1.84 bits per heavy atom. The van der Waals surface area contributed by atoms with E-state index in [2.05, 4.69) is 4.74 Å². The number of rotatable bonds is 11. The minimum Gasteiger partial charge on any atom is -0.469 e. The molecule has 0 N–H and O–H groups in total. The third kappa shape index (κ3) is 10.6. The standard InChI is InChI=1S/C13H23F2NO3/c1-16(10-8-13(14,15)11-17)9-6-4-3-5-7-12(18)19-2/h11H,3-10H2,1-2H3. The van der Waals surface area contributed by atoms with Crippen LogP contribution in [-0.4, -0.2) is 50.3 Å². The highest BCUT2D eigenvalue weighted by Crippen LogP contribution is 2.15. The molecule has 0 unspecified atom stereocenters. The molecular formula is C13H23F2NO3. The van der Waals surface area contributed by atoms with E-state index in [9.17, 15) is 18.4 Å². The van der Waals surface area contributed by atoms with Gasteiger partial charge >= 0.3 is 11.9 Å². The molecule has 0 amide bonds. The van der Waals surface area contributed by atoms with Crippen LogP contribution in [0.3, 0.4) is 0 Å². The van der Waals surface area contributed by atoms with Gasteiger partial charge in [0.05, 0.1) is 7.11 Å². The Bertz CT molecular complexity index is 273. The molecule has 0 saturated heterocycles. The lowest BCUT2D eigenvalue weighted by Crippen LogP contribution is -2.28. The van der Waals surface area contributed by atoms with Gasteiger partial charge in [-0.15, -0.1) is 0 Å². The van der Waals surface area contributed by atoms with Crippen LogP contribution < -0.4 is 0 Å². The highest BCUT2D eigenvalue weighted by molar-refractivity contribution is 5.68. The Kier molecular flexibility index (Phi) is 9.30. The van der Waals surface area contributed by atoms with E-state index in [1.54, 1.807) is 11.9 Å². The Morgan fingerprint density at radius 3 is 2.42 bits per heavy atom. The molecule has 0 aromatic rings. The fourth-order valence-corrected chi connectivity index (χ4v) is 1.62. The van der Waals surface area contributed by atoms with E-state index in [1.165, 1.54) is 7.11 Å². The van der Waals surface area contributed by atoms with Crippen LogP contribution in [0.5, 0.6) is 0 Å². The summed E-state index contributed by atoms with van der Waals surface area (Å²) in [6.07, 6.45) is 3.25. The molecule has 0 saturated carbocycles. The molecule has 0 aromatic carbocycles. The van der Waals surface area contributed by atoms with Crippen LogP contribution in [0.1, 0.15) is 38.5 Å². The summed E-state index contributed by atoms with van der Waals surface area (Å²) in [4.78, 5) is 22.7. The number of hydrogen-bond acceptors (Lipinski definition) is 4. The van der Waals surface area contributed by atoms with Gasteiger partial charge in [0, 0.05) is 19.4 Å². The molecule has 0 fully saturated rings. The van der Waals surface area contributed by atoms with Crippen molar-refractivity contribution in [1.82, 2.24) is 4.90 Å². The van der Waals surface area contributed by atoms with Crippen molar-refractivity contribution in [1.29, 1.82) is 0 Å². The van der Waals surface area contributed by atoms with Crippen molar-refractivity contribution in [3.8, 4) is 0 Å². The van der Waals surface area contributed by atoms with Crippen molar-refractivity contribution in [2.24, 2.45) is 0 Å². The summed E-state index contributed by atoms with van der Waals surface area (Å²) >= 11 is 0. The first kappa shape index (κ1) is 18.0. The van der Waals surface area contributed by atoms with Crippen molar-refractivity contribution in [2.45, 2.75) is 44.4 Å². The number of aldehydes is 1. The van der Waals surface area contributed by atoms with Crippen LogP contribution >= 0.6 is 0 Å². The van der Waals surface area contributed by atoms with Crippen LogP contribution in [0.2, 0.25) is 0 Å². The molecule has 0 aliphatic rings. The summed E-state index contributed by atoms with van der Waals surface area (Å²) in [5, 5.41) is 0. The molecule has 0 aromatic heterocycles. The molecule has 4 nitrogen and oxygen atoms in total. The Labute approximate surface area is 113 Å². The second-order valence-electron chi connectivity index (χ2n) is 4.67. The Balaban J connectivity index is 3.46. The van der Waals surface area contributed by atoms with Crippen LogP contribution in [0.15, 0.2) is 0 Å². The molecule has 0 heterocycles. The zero-order valence-corrected chi connectivity index (χ0v) is 11.7. The Hall–Kier alpha value is -1.04. The van der Waals surface area contributed by atoms with Crippen molar-refractivity contribution < 1.29 is 23.1 Å². The van der Waals surface area contributed by atoms with Crippen molar-refractivity contribution in [3.63, 3.8) is 0 Å². The normalized spacial score (nSPS) is 11.6. The van der Waals surface area contributed by atoms with E-state index in [0.29, 0.717) is 13.0 Å². The molecular weight excluding hydrogens is 256 g/mol. The fraction of sp³-hybridized carbons (Fsp3) is 0.846. The highest BCUT2D eigenvalue weighted by atomic mass is 19.3. The smallest absolute Gasteiger partial charge is 0.305 e. The maximum atomic E-state index is 12.7. The first-order chi connectivity index (χ1) is 8.91. The van der Waals surface area contributed by atoms with Gasteiger partial charge in [0.1, 0.15) is 0 Å². The van der Waals surface area contributed by atoms with Crippen LogP contribution in [0.25, 0.3) is 0 Å². The van der Waals surface area contributed by atoms with Crippen molar-refractivity contribution >= 4 is 12.3 Å². The topological polar surface area (TPSA) is 46.6 Å². The second kappa shape index (κ2) is 9.83. The van der Waals surface area contributed by atoms with Gasteiger partial charge in [-0.1, -0.05) is 12.8 Å². The molecule has 0 spiro atoms. The van der Waals surface area contributed by atoms with Crippen LogP contribution in [0.4, 0.5) is 8.78 Å². The summed E-state index contributed by atoms with van der Waals surface area (Å²) in [6.45, 7) is 0.918. The number of carbonyl (C=O) groups excluding carboxylic acids is 2. The Morgan fingerprint density at radius 1 is 1.21 bits per heavy atom. The summed E-state index contributed by atoms with van der Waals surface area (Å²) < 4.78 is 29.9.